The van der Waals surface area contributed by atoms with Crippen LogP contribution >= 0.6 is 11.5 Å². The van der Waals surface area contributed by atoms with E-state index in [0.717, 1.165) is 43.1 Å². The first-order valence-corrected chi connectivity index (χ1v) is 11.4. The normalized spacial score (nSPS) is 12.0. The lowest BCUT2D eigenvalue weighted by Gasteiger charge is -2.13. The highest BCUT2D eigenvalue weighted by Gasteiger charge is 2.24. The van der Waals surface area contributed by atoms with Crippen molar-refractivity contribution >= 4 is 45.8 Å². The van der Waals surface area contributed by atoms with Crippen LogP contribution in [-0.4, -0.2) is 43.8 Å². The maximum Gasteiger partial charge on any atom is 0.231 e. The van der Waals surface area contributed by atoms with Crippen LogP contribution < -0.4 is 15.5 Å². The van der Waals surface area contributed by atoms with E-state index in [-0.39, 0.29) is 5.91 Å². The van der Waals surface area contributed by atoms with Crippen LogP contribution in [0.25, 0.3) is 10.1 Å². The summed E-state index contributed by atoms with van der Waals surface area (Å²) in [4.78, 5) is 21.6. The number of amides is 1. The van der Waals surface area contributed by atoms with Gasteiger partial charge in [-0.1, -0.05) is 32.0 Å². The number of hydrogen-bond donors (Lipinski definition) is 2. The van der Waals surface area contributed by atoms with E-state index >= 15 is 0 Å². The molecule has 1 aromatic heterocycles. The zero-order chi connectivity index (χ0) is 22.8. The molecule has 31 heavy (non-hydrogen) atoms. The number of aromatic nitrogens is 1. The Bertz CT molecular complexity index is 1000. The molecule has 1 aliphatic heterocycles. The van der Waals surface area contributed by atoms with Crippen molar-refractivity contribution < 1.29 is 9.59 Å². The van der Waals surface area contributed by atoms with E-state index in [1.807, 2.05) is 39.8 Å². The second-order valence-corrected chi connectivity index (χ2v) is 7.80. The maximum absolute atomic E-state index is 11.9. The summed E-state index contributed by atoms with van der Waals surface area (Å²) in [6, 6.07) is 12.6. The first-order valence-electron chi connectivity index (χ1n) is 10.6. The van der Waals surface area contributed by atoms with E-state index in [2.05, 4.69) is 46.2 Å². The molecule has 0 unspecified atom stereocenters. The van der Waals surface area contributed by atoms with Crippen molar-refractivity contribution in [3.8, 4) is 0 Å². The van der Waals surface area contributed by atoms with Gasteiger partial charge in [-0.15, -0.1) is 0 Å². The molecule has 0 fully saturated rings. The quantitative estimate of drug-likeness (QED) is 0.539. The molecule has 1 aliphatic rings. The second kappa shape index (κ2) is 12.2. The van der Waals surface area contributed by atoms with E-state index in [1.54, 1.807) is 4.90 Å². The first-order chi connectivity index (χ1) is 15.1. The highest BCUT2D eigenvalue weighted by molar-refractivity contribution is 7.13. The number of anilines is 2. The lowest BCUT2D eigenvalue weighted by Crippen LogP contribution is -2.24. The van der Waals surface area contributed by atoms with Gasteiger partial charge in [-0.3, -0.25) is 4.79 Å². The van der Waals surface area contributed by atoms with Gasteiger partial charge in [0.1, 0.15) is 12.6 Å². The van der Waals surface area contributed by atoms with Crippen molar-refractivity contribution in [2.24, 2.45) is 0 Å². The van der Waals surface area contributed by atoms with Gasteiger partial charge in [-0.2, -0.15) is 4.37 Å². The van der Waals surface area contributed by atoms with Crippen molar-refractivity contribution in [3.63, 3.8) is 0 Å². The van der Waals surface area contributed by atoms with Crippen molar-refractivity contribution in [3.05, 3.63) is 53.1 Å². The SMILES string of the molecule is C=O.CC.Cc1cc2c(cc1CCNCCNc1nsc3ccccc13)CC(=O)N2C. The third-order valence-corrected chi connectivity index (χ3v) is 5.98. The molecule has 0 bridgehead atoms. The number of rotatable bonds is 7. The first kappa shape index (κ1) is 24.5. The van der Waals surface area contributed by atoms with Crippen LogP contribution in [0.15, 0.2) is 36.4 Å². The van der Waals surface area contributed by atoms with Crippen molar-refractivity contribution in [2.75, 3.05) is 36.9 Å². The van der Waals surface area contributed by atoms with Gasteiger partial charge in [0.25, 0.3) is 0 Å². The lowest BCUT2D eigenvalue weighted by molar-refractivity contribution is -0.117. The van der Waals surface area contributed by atoms with Crippen molar-refractivity contribution in [1.82, 2.24) is 9.69 Å². The van der Waals surface area contributed by atoms with Gasteiger partial charge in [0.05, 0.1) is 11.1 Å². The highest BCUT2D eigenvalue weighted by Crippen LogP contribution is 2.30. The Labute approximate surface area is 188 Å². The summed E-state index contributed by atoms with van der Waals surface area (Å²) in [5.74, 6) is 1.15. The summed E-state index contributed by atoms with van der Waals surface area (Å²) in [7, 11) is 1.85. The van der Waals surface area contributed by atoms with E-state index in [0.29, 0.717) is 6.42 Å². The van der Waals surface area contributed by atoms with Gasteiger partial charge in [-0.05, 0) is 66.3 Å². The fourth-order valence-corrected chi connectivity index (χ4v) is 4.31. The van der Waals surface area contributed by atoms with Crippen LogP contribution in [0, 0.1) is 6.92 Å². The fourth-order valence-electron chi connectivity index (χ4n) is 3.56. The number of nitrogens with one attached hydrogen (secondary N) is 2. The van der Waals surface area contributed by atoms with Crippen LogP contribution in [-0.2, 0) is 22.4 Å². The lowest BCUT2D eigenvalue weighted by atomic mass is 10.0. The Morgan fingerprint density at radius 3 is 2.65 bits per heavy atom. The predicted molar refractivity (Wildman–Crippen MR) is 131 cm³/mol. The van der Waals surface area contributed by atoms with Crippen LogP contribution in [0.2, 0.25) is 0 Å². The van der Waals surface area contributed by atoms with Crippen LogP contribution in [0.3, 0.4) is 0 Å². The number of aryl methyl sites for hydroxylation is 1. The Hall–Kier alpha value is -2.77. The average Bonchev–Trinajstić information content (AvgIpc) is 3.34. The molecule has 0 saturated heterocycles. The van der Waals surface area contributed by atoms with E-state index in [4.69, 9.17) is 4.79 Å². The molecule has 0 atom stereocenters. The second-order valence-electron chi connectivity index (χ2n) is 6.99. The van der Waals surface area contributed by atoms with Gasteiger partial charge >= 0.3 is 0 Å². The smallest absolute Gasteiger partial charge is 0.231 e. The predicted octanol–water partition coefficient (Wildman–Crippen LogP) is 4.21. The third kappa shape index (κ3) is 5.89. The van der Waals surface area contributed by atoms with Crippen molar-refractivity contribution in [1.29, 1.82) is 0 Å². The van der Waals surface area contributed by atoms with E-state index in [1.165, 1.54) is 32.7 Å². The molecule has 0 radical (unpaired) electrons. The monoisotopic (exact) mass is 440 g/mol. The molecule has 0 aliphatic carbocycles. The number of fused-ring (bicyclic) bond motifs is 2. The van der Waals surface area contributed by atoms with Crippen LogP contribution in [0.5, 0.6) is 0 Å². The van der Waals surface area contributed by atoms with Gasteiger partial charge in [0.2, 0.25) is 5.91 Å². The largest absolute Gasteiger partial charge is 0.367 e. The van der Waals surface area contributed by atoms with Gasteiger partial charge in [0.15, 0.2) is 0 Å². The molecule has 2 N–H and O–H groups in total. The summed E-state index contributed by atoms with van der Waals surface area (Å²) < 4.78 is 5.70. The maximum atomic E-state index is 11.9. The summed E-state index contributed by atoms with van der Waals surface area (Å²) in [5.41, 5.74) is 4.79. The number of hydrogen-bond acceptors (Lipinski definition) is 6. The molecule has 166 valence electrons. The summed E-state index contributed by atoms with van der Waals surface area (Å²) in [5, 5.41) is 8.10. The molecule has 0 saturated carbocycles. The molecular weight excluding hydrogens is 408 g/mol. The summed E-state index contributed by atoms with van der Waals surface area (Å²) in [6.07, 6.45) is 1.49. The van der Waals surface area contributed by atoms with Crippen LogP contribution in [0.1, 0.15) is 30.5 Å². The van der Waals surface area contributed by atoms with Crippen molar-refractivity contribution in [2.45, 2.75) is 33.6 Å². The Morgan fingerprint density at radius 2 is 1.87 bits per heavy atom. The molecule has 2 aromatic carbocycles. The molecule has 3 aromatic rings. The van der Waals surface area contributed by atoms with Gasteiger partial charge < -0.3 is 20.3 Å². The minimum atomic E-state index is 0.181. The molecule has 6 nitrogen and oxygen atoms in total. The molecule has 4 rings (SSSR count). The molecule has 0 spiro atoms. The van der Waals surface area contributed by atoms with Gasteiger partial charge in [-0.25, -0.2) is 0 Å². The van der Waals surface area contributed by atoms with E-state index in [9.17, 15) is 4.79 Å². The molecule has 1 amide bonds. The minimum absolute atomic E-state index is 0.181. The zero-order valence-corrected chi connectivity index (χ0v) is 19.6. The Kier molecular flexibility index (Phi) is 9.62. The number of nitrogens with zero attached hydrogens (tertiary/aromatic N) is 2. The fraction of sp³-hybridized carbons (Fsp3) is 0.375. The number of carbonyl (C=O) groups excluding carboxylic acids is 2. The highest BCUT2D eigenvalue weighted by atomic mass is 32.1. The minimum Gasteiger partial charge on any atom is -0.367 e. The molecule has 7 heteroatoms. The summed E-state index contributed by atoms with van der Waals surface area (Å²) >= 11 is 1.53. The number of likely N-dealkylation sites (N-methyl/N-ethyl adjacent to an activating group) is 1. The number of benzene rings is 2. The topological polar surface area (TPSA) is 74.3 Å². The van der Waals surface area contributed by atoms with E-state index < -0.39 is 0 Å². The van der Waals surface area contributed by atoms with Crippen LogP contribution in [0.4, 0.5) is 11.5 Å². The van der Waals surface area contributed by atoms with Gasteiger partial charge in [0, 0.05) is 31.2 Å². The number of carbonyl (C=O) groups is 2. The summed E-state index contributed by atoms with van der Waals surface area (Å²) in [6.45, 7) is 10.8. The Morgan fingerprint density at radius 1 is 1.13 bits per heavy atom. The third-order valence-electron chi connectivity index (χ3n) is 5.16. The zero-order valence-electron chi connectivity index (χ0n) is 18.8. The molecular formula is C24H32N4O2S. The molecule has 2 heterocycles. The Balaban J connectivity index is 0.000000807. The standard InChI is InChI=1S/C21H24N4OS.C2H6.CH2O/c1-14-11-18-16(13-20(26)25(18)2)12-15(14)7-8-22-9-10-23-21-17-5-3-4-6-19(17)27-24-21;2*1-2/h3-6,11-12,22H,7-10,13H2,1-2H3,(H,23,24);1-2H3;1H2. The average molecular weight is 441 g/mol.